The van der Waals surface area contributed by atoms with Crippen LogP contribution >= 0.6 is 0 Å². The van der Waals surface area contributed by atoms with Gasteiger partial charge in [0.25, 0.3) is 0 Å². The van der Waals surface area contributed by atoms with Crippen LogP contribution in [-0.4, -0.2) is 14.8 Å². The molecular formula is C17H18N4. The summed E-state index contributed by atoms with van der Waals surface area (Å²) >= 11 is 0. The van der Waals surface area contributed by atoms with E-state index in [2.05, 4.69) is 10.1 Å². The van der Waals surface area contributed by atoms with E-state index in [-0.39, 0.29) is 6.04 Å². The van der Waals surface area contributed by atoms with Crippen molar-refractivity contribution in [2.24, 2.45) is 5.73 Å². The molecule has 3 aromatic rings. The maximum absolute atomic E-state index is 6.34. The predicted molar refractivity (Wildman–Crippen MR) is 83.1 cm³/mol. The van der Waals surface area contributed by atoms with Gasteiger partial charge in [-0.2, -0.15) is 5.10 Å². The average molecular weight is 278 g/mol. The van der Waals surface area contributed by atoms with Crippen molar-refractivity contribution in [3.05, 3.63) is 78.4 Å². The van der Waals surface area contributed by atoms with Crippen LogP contribution in [0.4, 0.5) is 0 Å². The first kappa shape index (κ1) is 13.5. The zero-order chi connectivity index (χ0) is 14.5. The molecule has 3 rings (SSSR count). The Labute approximate surface area is 124 Å². The normalized spacial score (nSPS) is 12.2. The van der Waals surface area contributed by atoms with Crippen LogP contribution in [0.1, 0.15) is 23.9 Å². The Morgan fingerprint density at radius 2 is 1.76 bits per heavy atom. The molecule has 106 valence electrons. The highest BCUT2D eigenvalue weighted by atomic mass is 15.3. The summed E-state index contributed by atoms with van der Waals surface area (Å²) in [4.78, 5) is 4.33. The number of hydrogen-bond donors (Lipinski definition) is 1. The van der Waals surface area contributed by atoms with Crippen molar-refractivity contribution >= 4 is 0 Å². The maximum Gasteiger partial charge on any atom is 0.0649 e. The van der Waals surface area contributed by atoms with Gasteiger partial charge in [-0.3, -0.25) is 4.98 Å². The third kappa shape index (κ3) is 3.17. The number of rotatable bonds is 5. The van der Waals surface area contributed by atoms with Crippen molar-refractivity contribution in [3.8, 4) is 5.69 Å². The standard InChI is InChI=1S/C17H18N4/c18-16(10-9-14-6-4-5-12-19-14)17-11-13-20-21(17)15-7-2-1-3-8-15/h1-8,11-13,16H,9-10,18H2. The van der Waals surface area contributed by atoms with Crippen LogP contribution in [0, 0.1) is 0 Å². The van der Waals surface area contributed by atoms with E-state index in [0.29, 0.717) is 0 Å². The highest BCUT2D eigenvalue weighted by Crippen LogP contribution is 2.19. The Morgan fingerprint density at radius 1 is 0.952 bits per heavy atom. The first-order valence-corrected chi connectivity index (χ1v) is 7.09. The molecule has 0 aliphatic heterocycles. The number of pyridine rings is 1. The molecule has 2 heterocycles. The summed E-state index contributed by atoms with van der Waals surface area (Å²) in [5.74, 6) is 0. The van der Waals surface area contributed by atoms with Crippen LogP contribution in [0.2, 0.25) is 0 Å². The molecule has 0 fully saturated rings. The molecular weight excluding hydrogens is 260 g/mol. The lowest BCUT2D eigenvalue weighted by molar-refractivity contribution is 0.602. The summed E-state index contributed by atoms with van der Waals surface area (Å²) in [6.07, 6.45) is 5.32. The Bertz CT molecular complexity index is 676. The molecule has 4 nitrogen and oxygen atoms in total. The van der Waals surface area contributed by atoms with Crippen LogP contribution in [0.15, 0.2) is 67.0 Å². The molecule has 0 spiro atoms. The third-order valence-corrected chi connectivity index (χ3v) is 3.49. The number of hydrogen-bond acceptors (Lipinski definition) is 3. The second kappa shape index (κ2) is 6.33. The third-order valence-electron chi connectivity index (χ3n) is 3.49. The van der Waals surface area contributed by atoms with Gasteiger partial charge >= 0.3 is 0 Å². The highest BCUT2D eigenvalue weighted by Gasteiger charge is 2.13. The molecule has 0 amide bonds. The molecule has 0 aliphatic carbocycles. The van der Waals surface area contributed by atoms with E-state index in [4.69, 9.17) is 5.73 Å². The molecule has 1 atom stereocenters. The van der Waals surface area contributed by atoms with Gasteiger partial charge in [0.05, 0.1) is 11.4 Å². The SMILES string of the molecule is NC(CCc1ccccn1)c1ccnn1-c1ccccc1. The molecule has 0 saturated carbocycles. The van der Waals surface area contributed by atoms with Crippen molar-refractivity contribution in [2.75, 3.05) is 0 Å². The van der Waals surface area contributed by atoms with Gasteiger partial charge in [0.1, 0.15) is 0 Å². The number of benzene rings is 1. The molecule has 1 unspecified atom stereocenters. The van der Waals surface area contributed by atoms with E-state index >= 15 is 0 Å². The lowest BCUT2D eigenvalue weighted by Crippen LogP contribution is -2.16. The van der Waals surface area contributed by atoms with Gasteiger partial charge in [0.15, 0.2) is 0 Å². The molecule has 0 bridgehead atoms. The van der Waals surface area contributed by atoms with Crippen LogP contribution < -0.4 is 5.73 Å². The van der Waals surface area contributed by atoms with Gasteiger partial charge in [0, 0.05) is 24.1 Å². The second-order valence-corrected chi connectivity index (χ2v) is 4.97. The van der Waals surface area contributed by atoms with E-state index in [1.807, 2.05) is 65.5 Å². The Hall–Kier alpha value is -2.46. The van der Waals surface area contributed by atoms with E-state index < -0.39 is 0 Å². The molecule has 4 heteroatoms. The van der Waals surface area contributed by atoms with Gasteiger partial charge in [0.2, 0.25) is 0 Å². The van der Waals surface area contributed by atoms with Crippen molar-refractivity contribution in [2.45, 2.75) is 18.9 Å². The summed E-state index contributed by atoms with van der Waals surface area (Å²) in [6.45, 7) is 0. The minimum absolute atomic E-state index is 0.0605. The van der Waals surface area contributed by atoms with Crippen LogP contribution in [0.25, 0.3) is 5.69 Å². The van der Waals surface area contributed by atoms with E-state index in [0.717, 1.165) is 29.9 Å². The molecule has 0 aliphatic rings. The Morgan fingerprint density at radius 3 is 2.52 bits per heavy atom. The minimum Gasteiger partial charge on any atom is -0.323 e. The number of para-hydroxylation sites is 1. The number of nitrogens with zero attached hydrogens (tertiary/aromatic N) is 3. The van der Waals surface area contributed by atoms with Crippen molar-refractivity contribution in [1.82, 2.24) is 14.8 Å². The topological polar surface area (TPSA) is 56.7 Å². The van der Waals surface area contributed by atoms with E-state index in [9.17, 15) is 0 Å². The van der Waals surface area contributed by atoms with Gasteiger partial charge < -0.3 is 5.73 Å². The van der Waals surface area contributed by atoms with Crippen LogP contribution in [-0.2, 0) is 6.42 Å². The number of aromatic nitrogens is 3. The monoisotopic (exact) mass is 278 g/mol. The van der Waals surface area contributed by atoms with Gasteiger partial charge in [-0.1, -0.05) is 24.3 Å². The molecule has 2 aromatic heterocycles. The zero-order valence-electron chi connectivity index (χ0n) is 11.8. The summed E-state index contributed by atoms with van der Waals surface area (Å²) in [7, 11) is 0. The van der Waals surface area contributed by atoms with Crippen LogP contribution in [0.3, 0.4) is 0 Å². The number of aryl methyl sites for hydroxylation is 1. The summed E-state index contributed by atoms with van der Waals surface area (Å²) < 4.78 is 1.91. The Balaban J connectivity index is 1.74. The lowest BCUT2D eigenvalue weighted by atomic mass is 10.1. The summed E-state index contributed by atoms with van der Waals surface area (Å²) in [6, 6.07) is 17.9. The largest absolute Gasteiger partial charge is 0.323 e. The quantitative estimate of drug-likeness (QED) is 0.780. The van der Waals surface area contributed by atoms with Crippen molar-refractivity contribution in [3.63, 3.8) is 0 Å². The number of nitrogens with two attached hydrogens (primary N) is 1. The van der Waals surface area contributed by atoms with Crippen molar-refractivity contribution < 1.29 is 0 Å². The first-order chi connectivity index (χ1) is 10.3. The van der Waals surface area contributed by atoms with Gasteiger partial charge in [-0.25, -0.2) is 4.68 Å². The van der Waals surface area contributed by atoms with E-state index in [1.165, 1.54) is 0 Å². The fourth-order valence-corrected chi connectivity index (χ4v) is 2.38. The fourth-order valence-electron chi connectivity index (χ4n) is 2.38. The smallest absolute Gasteiger partial charge is 0.0649 e. The van der Waals surface area contributed by atoms with Gasteiger partial charge in [-0.05, 0) is 43.2 Å². The molecule has 0 radical (unpaired) electrons. The van der Waals surface area contributed by atoms with Crippen molar-refractivity contribution in [1.29, 1.82) is 0 Å². The first-order valence-electron chi connectivity index (χ1n) is 7.09. The molecule has 2 N–H and O–H groups in total. The van der Waals surface area contributed by atoms with Gasteiger partial charge in [-0.15, -0.1) is 0 Å². The lowest BCUT2D eigenvalue weighted by Gasteiger charge is -2.14. The average Bonchev–Trinajstić information content (AvgIpc) is 3.04. The second-order valence-electron chi connectivity index (χ2n) is 4.97. The maximum atomic E-state index is 6.34. The van der Waals surface area contributed by atoms with Crippen LogP contribution in [0.5, 0.6) is 0 Å². The summed E-state index contributed by atoms with van der Waals surface area (Å²) in [5, 5.41) is 4.38. The Kier molecular flexibility index (Phi) is 4.07. The zero-order valence-corrected chi connectivity index (χ0v) is 11.8. The molecule has 1 aromatic carbocycles. The molecule has 21 heavy (non-hydrogen) atoms. The summed E-state index contributed by atoms with van der Waals surface area (Å²) in [5.41, 5.74) is 9.46. The predicted octanol–water partition coefficient (Wildman–Crippen LogP) is 2.90. The fraction of sp³-hybridized carbons (Fsp3) is 0.176. The van der Waals surface area contributed by atoms with E-state index in [1.54, 1.807) is 6.20 Å². The highest BCUT2D eigenvalue weighted by molar-refractivity contribution is 5.33. The molecule has 0 saturated heterocycles. The minimum atomic E-state index is -0.0605.